The number of nitrogens with zero attached hydrogens (tertiary/aromatic N) is 1. The second-order valence-electron chi connectivity index (χ2n) is 8.74. The van der Waals surface area contributed by atoms with Gasteiger partial charge in [-0.2, -0.15) is 0 Å². The number of carbonyl (C=O) groups is 1. The van der Waals surface area contributed by atoms with Gasteiger partial charge in [0, 0.05) is 12.6 Å². The van der Waals surface area contributed by atoms with E-state index in [2.05, 4.69) is 15.6 Å². The first-order chi connectivity index (χ1) is 16.2. The standard InChI is InChI=1S/C25H33N3O5S/c1-18(2)27-21(17-34(31,32)16-19-10-4-3-5-11-19)24(30)26-15-9-8-13-22(29)25-28-20-12-6-7-14-23(20)33-25/h3-7,10-12,14,18,21-22,27,29H,8-9,13,15-17H2,1-2H3,(H,26,30)/t21-,22-/m0/s1. The zero-order valence-corrected chi connectivity index (χ0v) is 20.4. The number of hydrogen-bond acceptors (Lipinski definition) is 7. The minimum absolute atomic E-state index is 0.0471. The monoisotopic (exact) mass is 487 g/mol. The fourth-order valence-corrected chi connectivity index (χ4v) is 5.27. The molecule has 8 nitrogen and oxygen atoms in total. The fraction of sp³-hybridized carbons (Fsp3) is 0.440. The molecule has 3 rings (SSSR count). The van der Waals surface area contributed by atoms with Crippen LogP contribution in [0.1, 0.15) is 50.7 Å². The summed E-state index contributed by atoms with van der Waals surface area (Å²) < 4.78 is 31.0. The quantitative estimate of drug-likeness (QED) is 0.317. The molecule has 0 radical (unpaired) electrons. The first kappa shape index (κ1) is 25.9. The Bertz CT molecular complexity index is 1130. The highest BCUT2D eigenvalue weighted by Gasteiger charge is 2.26. The van der Waals surface area contributed by atoms with E-state index in [-0.39, 0.29) is 29.3 Å². The van der Waals surface area contributed by atoms with Crippen LogP contribution in [0.25, 0.3) is 11.1 Å². The molecule has 0 spiro atoms. The molecule has 0 bridgehead atoms. The van der Waals surface area contributed by atoms with Crippen LogP contribution in [0.15, 0.2) is 59.0 Å². The number of aliphatic hydroxyl groups is 1. The zero-order valence-electron chi connectivity index (χ0n) is 19.6. The van der Waals surface area contributed by atoms with Gasteiger partial charge in [-0.05, 0) is 37.0 Å². The van der Waals surface area contributed by atoms with Gasteiger partial charge in [-0.15, -0.1) is 0 Å². The molecule has 3 N–H and O–H groups in total. The first-order valence-electron chi connectivity index (χ1n) is 11.5. The Labute approximate surface area is 200 Å². The molecular formula is C25H33N3O5S. The van der Waals surface area contributed by atoms with Crippen molar-refractivity contribution in [3.8, 4) is 0 Å². The van der Waals surface area contributed by atoms with Crippen LogP contribution in [0, 0.1) is 0 Å². The molecule has 2 atom stereocenters. The number of hydrogen-bond donors (Lipinski definition) is 3. The molecule has 0 saturated heterocycles. The van der Waals surface area contributed by atoms with Crippen molar-refractivity contribution in [3.05, 3.63) is 66.1 Å². The van der Waals surface area contributed by atoms with E-state index in [1.807, 2.05) is 38.1 Å². The Morgan fingerprint density at radius 2 is 1.76 bits per heavy atom. The maximum absolute atomic E-state index is 12.7. The maximum atomic E-state index is 12.7. The molecule has 34 heavy (non-hydrogen) atoms. The normalized spacial score (nSPS) is 13.8. The maximum Gasteiger partial charge on any atom is 0.238 e. The van der Waals surface area contributed by atoms with Crippen molar-refractivity contribution in [1.82, 2.24) is 15.6 Å². The van der Waals surface area contributed by atoms with Gasteiger partial charge in [-0.3, -0.25) is 4.79 Å². The lowest BCUT2D eigenvalue weighted by Gasteiger charge is -2.21. The van der Waals surface area contributed by atoms with Crippen LogP contribution in [0.2, 0.25) is 0 Å². The number of rotatable bonds is 13. The van der Waals surface area contributed by atoms with E-state index in [0.29, 0.717) is 42.5 Å². The van der Waals surface area contributed by atoms with Crippen LogP contribution in [0.5, 0.6) is 0 Å². The van der Waals surface area contributed by atoms with Crippen molar-refractivity contribution >= 4 is 26.8 Å². The highest BCUT2D eigenvalue weighted by molar-refractivity contribution is 7.90. The van der Waals surface area contributed by atoms with Gasteiger partial charge in [0.15, 0.2) is 15.4 Å². The Kier molecular flexibility index (Phi) is 9.20. The number of sulfone groups is 1. The van der Waals surface area contributed by atoms with Crippen molar-refractivity contribution in [1.29, 1.82) is 0 Å². The number of aromatic nitrogens is 1. The SMILES string of the molecule is CC(C)N[C@@H](CS(=O)(=O)Cc1ccccc1)C(=O)NCCCC[C@H](O)c1nc2ccccc2o1. The summed E-state index contributed by atoms with van der Waals surface area (Å²) in [6.07, 6.45) is 0.909. The van der Waals surface area contributed by atoms with Gasteiger partial charge in [-0.1, -0.05) is 56.3 Å². The number of fused-ring (bicyclic) bond motifs is 1. The van der Waals surface area contributed by atoms with E-state index in [1.165, 1.54) is 0 Å². The van der Waals surface area contributed by atoms with Crippen LogP contribution >= 0.6 is 0 Å². The molecule has 3 aromatic rings. The van der Waals surface area contributed by atoms with Crippen molar-refractivity contribution in [3.63, 3.8) is 0 Å². The summed E-state index contributed by atoms with van der Waals surface area (Å²) in [5, 5.41) is 16.2. The number of aliphatic hydroxyl groups excluding tert-OH is 1. The number of unbranched alkanes of at least 4 members (excludes halogenated alkanes) is 1. The molecule has 184 valence electrons. The molecule has 0 aliphatic heterocycles. The lowest BCUT2D eigenvalue weighted by molar-refractivity contribution is -0.122. The second kappa shape index (κ2) is 12.1. The summed E-state index contributed by atoms with van der Waals surface area (Å²) in [5.74, 6) is -0.437. The fourth-order valence-electron chi connectivity index (χ4n) is 3.70. The van der Waals surface area contributed by atoms with Gasteiger partial charge in [0.25, 0.3) is 0 Å². The highest BCUT2D eigenvalue weighted by atomic mass is 32.2. The molecule has 9 heteroatoms. The molecule has 2 aromatic carbocycles. The molecule has 0 unspecified atom stereocenters. The lowest BCUT2D eigenvalue weighted by atomic mass is 10.1. The zero-order chi connectivity index (χ0) is 24.6. The summed E-state index contributed by atoms with van der Waals surface area (Å²) in [4.78, 5) is 17.0. The molecule has 0 aliphatic carbocycles. The molecule has 0 saturated carbocycles. The van der Waals surface area contributed by atoms with E-state index in [4.69, 9.17) is 4.42 Å². The Balaban J connectivity index is 1.45. The van der Waals surface area contributed by atoms with Crippen LogP contribution in [0.4, 0.5) is 0 Å². The summed E-state index contributed by atoms with van der Waals surface area (Å²) in [6, 6.07) is 15.4. The van der Waals surface area contributed by atoms with E-state index >= 15 is 0 Å². The predicted octanol–water partition coefficient (Wildman–Crippen LogP) is 3.13. The number of oxazole rings is 1. The van der Waals surface area contributed by atoms with Crippen molar-refractivity contribution < 1.29 is 22.7 Å². The highest BCUT2D eigenvalue weighted by Crippen LogP contribution is 2.23. The molecule has 1 amide bonds. The summed E-state index contributed by atoms with van der Waals surface area (Å²) in [5.41, 5.74) is 2.04. The van der Waals surface area contributed by atoms with Gasteiger partial charge < -0.3 is 20.2 Å². The number of nitrogens with one attached hydrogen (secondary N) is 2. The predicted molar refractivity (Wildman–Crippen MR) is 132 cm³/mol. The minimum atomic E-state index is -3.49. The summed E-state index contributed by atoms with van der Waals surface area (Å²) in [6.45, 7) is 4.13. The number of carbonyl (C=O) groups excluding carboxylic acids is 1. The molecular weight excluding hydrogens is 454 g/mol. The molecule has 0 aliphatic rings. The Morgan fingerprint density at radius 3 is 2.47 bits per heavy atom. The van der Waals surface area contributed by atoms with Crippen LogP contribution in [-0.2, 0) is 20.4 Å². The van der Waals surface area contributed by atoms with Crippen molar-refractivity contribution in [2.45, 2.75) is 57.1 Å². The topological polar surface area (TPSA) is 122 Å². The van der Waals surface area contributed by atoms with E-state index in [0.717, 1.165) is 0 Å². The van der Waals surface area contributed by atoms with Gasteiger partial charge in [0.1, 0.15) is 17.7 Å². The second-order valence-corrected chi connectivity index (χ2v) is 10.8. The lowest BCUT2D eigenvalue weighted by Crippen LogP contribution is -2.50. The smallest absolute Gasteiger partial charge is 0.238 e. The molecule has 1 heterocycles. The van der Waals surface area contributed by atoms with Crippen molar-refractivity contribution in [2.75, 3.05) is 12.3 Å². The number of amides is 1. The van der Waals surface area contributed by atoms with Crippen LogP contribution in [0.3, 0.4) is 0 Å². The number of para-hydroxylation sites is 2. The van der Waals surface area contributed by atoms with Gasteiger partial charge >= 0.3 is 0 Å². The molecule has 0 fully saturated rings. The number of benzene rings is 2. The minimum Gasteiger partial charge on any atom is -0.438 e. The van der Waals surface area contributed by atoms with Crippen LogP contribution in [-0.4, -0.2) is 48.8 Å². The van der Waals surface area contributed by atoms with Crippen LogP contribution < -0.4 is 10.6 Å². The molecule has 1 aromatic heterocycles. The largest absolute Gasteiger partial charge is 0.438 e. The van der Waals surface area contributed by atoms with Gasteiger partial charge in [0.2, 0.25) is 11.8 Å². The summed E-state index contributed by atoms with van der Waals surface area (Å²) in [7, 11) is -3.49. The third-order valence-corrected chi connectivity index (χ3v) is 6.91. The van der Waals surface area contributed by atoms with E-state index in [9.17, 15) is 18.3 Å². The first-order valence-corrected chi connectivity index (χ1v) is 13.4. The van der Waals surface area contributed by atoms with Gasteiger partial charge in [0.05, 0.1) is 11.5 Å². The van der Waals surface area contributed by atoms with Gasteiger partial charge in [-0.25, -0.2) is 13.4 Å². The summed E-state index contributed by atoms with van der Waals surface area (Å²) >= 11 is 0. The van der Waals surface area contributed by atoms with Crippen molar-refractivity contribution in [2.24, 2.45) is 0 Å². The third kappa shape index (κ3) is 7.93. The van der Waals surface area contributed by atoms with E-state index < -0.39 is 22.0 Å². The Morgan fingerprint density at radius 1 is 1.06 bits per heavy atom. The average molecular weight is 488 g/mol. The third-order valence-electron chi connectivity index (χ3n) is 5.30. The van der Waals surface area contributed by atoms with E-state index in [1.54, 1.807) is 30.3 Å². The average Bonchev–Trinajstić information content (AvgIpc) is 3.22. The Hall–Kier alpha value is -2.75.